The molecular weight excluding hydrogens is 356 g/mol. The Morgan fingerprint density at radius 3 is 2.71 bits per heavy atom. The van der Waals surface area contributed by atoms with E-state index in [0.717, 1.165) is 48.3 Å². The van der Waals surface area contributed by atoms with Crippen molar-refractivity contribution >= 4 is 11.4 Å². The smallest absolute Gasteiger partial charge is 0.257 e. The molecule has 0 spiro atoms. The molecule has 8 nitrogen and oxygen atoms in total. The van der Waals surface area contributed by atoms with Crippen LogP contribution in [0.25, 0.3) is 28.2 Å². The Balaban J connectivity index is 1.56. The van der Waals surface area contributed by atoms with E-state index in [2.05, 4.69) is 20.2 Å². The molecule has 8 heteroatoms. The maximum atomic E-state index is 13.0. The quantitative estimate of drug-likeness (QED) is 0.547. The first-order valence-corrected chi connectivity index (χ1v) is 9.29. The van der Waals surface area contributed by atoms with Gasteiger partial charge >= 0.3 is 0 Å². The number of fused-ring (bicyclic) bond motifs is 1. The molecule has 5 heterocycles. The highest BCUT2D eigenvalue weighted by molar-refractivity contribution is 6.01. The molecule has 0 bridgehead atoms. The molecule has 0 atom stereocenters. The summed E-state index contributed by atoms with van der Waals surface area (Å²) in [5.41, 5.74) is 3.87. The molecule has 28 heavy (non-hydrogen) atoms. The first-order chi connectivity index (χ1) is 13.8. The van der Waals surface area contributed by atoms with Gasteiger partial charge in [0.25, 0.3) is 5.91 Å². The Labute approximate surface area is 160 Å². The molecule has 140 valence electrons. The predicted molar refractivity (Wildman–Crippen MR) is 101 cm³/mol. The van der Waals surface area contributed by atoms with Crippen molar-refractivity contribution in [3.8, 4) is 22.6 Å². The molecule has 4 aromatic heterocycles. The van der Waals surface area contributed by atoms with Gasteiger partial charge in [0.05, 0.1) is 23.0 Å². The number of hydrogen-bond donors (Lipinski definition) is 0. The normalized spacial score (nSPS) is 14.5. The second-order valence-corrected chi connectivity index (χ2v) is 6.84. The van der Waals surface area contributed by atoms with E-state index in [-0.39, 0.29) is 5.91 Å². The minimum Gasteiger partial charge on any atom is -0.342 e. The maximum absolute atomic E-state index is 13.0. The Hall–Kier alpha value is -3.55. The lowest BCUT2D eigenvalue weighted by Gasteiger charge is -2.26. The van der Waals surface area contributed by atoms with Crippen molar-refractivity contribution in [1.29, 1.82) is 0 Å². The summed E-state index contributed by atoms with van der Waals surface area (Å²) in [6, 6.07) is 7.73. The summed E-state index contributed by atoms with van der Waals surface area (Å²) in [6.45, 7) is 1.62. The van der Waals surface area contributed by atoms with E-state index in [1.807, 2.05) is 29.2 Å². The van der Waals surface area contributed by atoms with Gasteiger partial charge in [0.1, 0.15) is 0 Å². The van der Waals surface area contributed by atoms with Crippen LogP contribution in [0.4, 0.5) is 0 Å². The Morgan fingerprint density at radius 1 is 1.04 bits per heavy atom. The first-order valence-electron chi connectivity index (χ1n) is 9.29. The standard InChI is InChI=1S/C20H18N6O2/c27-20(25-7-2-1-3-8-25)16-12-23-26-17(5-4-6-18(16)26)14-9-15(11-21-10-14)19-22-13-28-24-19/h4-6,9-13H,1-3,7-8H2. The lowest BCUT2D eigenvalue weighted by molar-refractivity contribution is 0.0726. The van der Waals surface area contributed by atoms with Crippen LogP contribution in [0.3, 0.4) is 0 Å². The summed E-state index contributed by atoms with van der Waals surface area (Å²) in [5, 5.41) is 8.36. The second-order valence-electron chi connectivity index (χ2n) is 6.84. The Morgan fingerprint density at radius 2 is 1.89 bits per heavy atom. The summed E-state index contributed by atoms with van der Waals surface area (Å²) in [5.74, 6) is 0.522. The zero-order chi connectivity index (χ0) is 18.9. The molecule has 1 amide bonds. The van der Waals surface area contributed by atoms with Gasteiger partial charge in [0.15, 0.2) is 0 Å². The SMILES string of the molecule is O=C(c1cnn2c(-c3cncc(-c4ncon4)c3)cccc12)N1CCCCC1. The molecule has 1 fully saturated rings. The van der Waals surface area contributed by atoms with Crippen molar-refractivity contribution < 1.29 is 9.32 Å². The average Bonchev–Trinajstić information content (AvgIpc) is 3.44. The van der Waals surface area contributed by atoms with Crippen LogP contribution in [0.15, 0.2) is 53.8 Å². The topological polar surface area (TPSA) is 89.4 Å². The fraction of sp³-hybridized carbons (Fsp3) is 0.250. The number of carbonyl (C=O) groups excluding carboxylic acids is 1. The number of rotatable bonds is 3. The van der Waals surface area contributed by atoms with Crippen molar-refractivity contribution in [3.63, 3.8) is 0 Å². The molecule has 1 saturated heterocycles. The van der Waals surface area contributed by atoms with E-state index < -0.39 is 0 Å². The highest BCUT2D eigenvalue weighted by atomic mass is 16.5. The molecule has 0 N–H and O–H groups in total. The van der Waals surface area contributed by atoms with Crippen LogP contribution in [0, 0.1) is 0 Å². The van der Waals surface area contributed by atoms with E-state index in [1.54, 1.807) is 23.1 Å². The minimum absolute atomic E-state index is 0.0468. The third-order valence-corrected chi connectivity index (χ3v) is 5.07. The van der Waals surface area contributed by atoms with Gasteiger partial charge in [-0.05, 0) is 37.5 Å². The molecule has 0 aliphatic carbocycles. The van der Waals surface area contributed by atoms with Crippen LogP contribution in [0.5, 0.6) is 0 Å². The number of amides is 1. The predicted octanol–water partition coefficient (Wildman–Crippen LogP) is 3.07. The highest BCUT2D eigenvalue weighted by Crippen LogP contribution is 2.26. The van der Waals surface area contributed by atoms with Crippen molar-refractivity contribution in [3.05, 3.63) is 54.8 Å². The summed E-state index contributed by atoms with van der Waals surface area (Å²) >= 11 is 0. The van der Waals surface area contributed by atoms with Gasteiger partial charge in [-0.2, -0.15) is 10.1 Å². The third kappa shape index (κ3) is 2.83. The first kappa shape index (κ1) is 16.6. The minimum atomic E-state index is 0.0468. The molecule has 4 aromatic rings. The maximum Gasteiger partial charge on any atom is 0.257 e. The van der Waals surface area contributed by atoms with Crippen LogP contribution < -0.4 is 0 Å². The highest BCUT2D eigenvalue weighted by Gasteiger charge is 2.22. The number of piperidine rings is 1. The zero-order valence-corrected chi connectivity index (χ0v) is 15.2. The van der Waals surface area contributed by atoms with E-state index in [4.69, 9.17) is 4.52 Å². The van der Waals surface area contributed by atoms with Crippen LogP contribution in [0.1, 0.15) is 29.6 Å². The molecule has 1 aliphatic heterocycles. The molecule has 0 radical (unpaired) electrons. The molecular formula is C20H18N6O2. The average molecular weight is 374 g/mol. The van der Waals surface area contributed by atoms with Crippen LogP contribution in [-0.4, -0.2) is 48.6 Å². The van der Waals surface area contributed by atoms with Crippen molar-refractivity contribution in [1.82, 2.24) is 29.6 Å². The number of carbonyl (C=O) groups is 1. The second kappa shape index (κ2) is 6.88. The van der Waals surface area contributed by atoms with Crippen molar-refractivity contribution in [2.45, 2.75) is 19.3 Å². The fourth-order valence-electron chi connectivity index (χ4n) is 3.66. The number of pyridine rings is 2. The van der Waals surface area contributed by atoms with Crippen molar-refractivity contribution in [2.75, 3.05) is 13.1 Å². The Kier molecular flexibility index (Phi) is 4.08. The van der Waals surface area contributed by atoms with Gasteiger partial charge in [-0.25, -0.2) is 4.52 Å². The third-order valence-electron chi connectivity index (χ3n) is 5.07. The monoisotopic (exact) mass is 374 g/mol. The lowest BCUT2D eigenvalue weighted by atomic mass is 10.1. The largest absolute Gasteiger partial charge is 0.342 e. The number of aromatic nitrogens is 5. The molecule has 1 aliphatic rings. The van der Waals surface area contributed by atoms with Gasteiger partial charge < -0.3 is 9.42 Å². The van der Waals surface area contributed by atoms with Crippen molar-refractivity contribution in [2.24, 2.45) is 0 Å². The molecule has 5 rings (SSSR count). The van der Waals surface area contributed by atoms with E-state index in [1.165, 1.54) is 12.8 Å². The van der Waals surface area contributed by atoms with Gasteiger partial charge in [-0.1, -0.05) is 11.2 Å². The number of hydrogen-bond acceptors (Lipinski definition) is 6. The Bertz CT molecular complexity index is 1130. The molecule has 0 aromatic carbocycles. The van der Waals surface area contributed by atoms with Gasteiger partial charge in [0.2, 0.25) is 12.2 Å². The van der Waals surface area contributed by atoms with Crippen LogP contribution >= 0.6 is 0 Å². The van der Waals surface area contributed by atoms with E-state index in [0.29, 0.717) is 11.4 Å². The molecule has 0 unspecified atom stereocenters. The van der Waals surface area contributed by atoms with Crippen LogP contribution in [0.2, 0.25) is 0 Å². The number of likely N-dealkylation sites (tertiary alicyclic amines) is 1. The summed E-state index contributed by atoms with van der Waals surface area (Å²) in [4.78, 5) is 23.3. The summed E-state index contributed by atoms with van der Waals surface area (Å²) in [7, 11) is 0. The van der Waals surface area contributed by atoms with E-state index >= 15 is 0 Å². The summed E-state index contributed by atoms with van der Waals surface area (Å²) in [6.07, 6.45) is 9.69. The van der Waals surface area contributed by atoms with Gasteiger partial charge in [-0.15, -0.1) is 0 Å². The van der Waals surface area contributed by atoms with Gasteiger partial charge in [-0.3, -0.25) is 9.78 Å². The van der Waals surface area contributed by atoms with Gasteiger partial charge in [0, 0.05) is 36.6 Å². The number of nitrogens with zero attached hydrogens (tertiary/aromatic N) is 6. The van der Waals surface area contributed by atoms with Crippen LogP contribution in [-0.2, 0) is 0 Å². The van der Waals surface area contributed by atoms with E-state index in [9.17, 15) is 4.79 Å². The molecule has 0 saturated carbocycles. The summed E-state index contributed by atoms with van der Waals surface area (Å²) < 4.78 is 6.61. The fourth-order valence-corrected chi connectivity index (χ4v) is 3.66. The lowest BCUT2D eigenvalue weighted by Crippen LogP contribution is -2.35. The zero-order valence-electron chi connectivity index (χ0n) is 15.2.